The fourth-order valence-electron chi connectivity index (χ4n) is 2.32. The van der Waals surface area contributed by atoms with Crippen LogP contribution in [-0.4, -0.2) is 44.5 Å². The van der Waals surface area contributed by atoms with Gasteiger partial charge in [-0.25, -0.2) is 13.4 Å². The van der Waals surface area contributed by atoms with Crippen molar-refractivity contribution in [3.8, 4) is 0 Å². The monoisotopic (exact) mass is 317 g/mol. The van der Waals surface area contributed by atoms with Crippen molar-refractivity contribution in [2.75, 3.05) is 30.0 Å². The van der Waals surface area contributed by atoms with Gasteiger partial charge in [-0.15, -0.1) is 0 Å². The van der Waals surface area contributed by atoms with Crippen LogP contribution in [0, 0.1) is 0 Å². The minimum Gasteiger partial charge on any atom is -0.356 e. The summed E-state index contributed by atoms with van der Waals surface area (Å²) in [5, 5.41) is 3.85. The number of pyridine rings is 1. The zero-order valence-corrected chi connectivity index (χ0v) is 13.3. The first-order valence-corrected chi connectivity index (χ1v) is 8.91. The predicted octanol–water partition coefficient (Wildman–Crippen LogP) is 1.47. The molecule has 1 aromatic heterocycles. The number of rotatable bonds is 5. The predicted molar refractivity (Wildman–Crippen MR) is 82.1 cm³/mol. The maximum atomic E-state index is 11.6. The summed E-state index contributed by atoms with van der Waals surface area (Å²) < 4.78 is 23.1. The van der Waals surface area contributed by atoms with Gasteiger partial charge in [-0.1, -0.05) is 18.5 Å². The van der Waals surface area contributed by atoms with Crippen LogP contribution < -0.4 is 10.2 Å². The van der Waals surface area contributed by atoms with Crippen molar-refractivity contribution in [2.45, 2.75) is 25.9 Å². The summed E-state index contributed by atoms with van der Waals surface area (Å²) in [4.78, 5) is 6.25. The van der Waals surface area contributed by atoms with E-state index in [-0.39, 0.29) is 17.5 Å². The molecule has 112 valence electrons. The number of nitrogens with one attached hydrogen (secondary N) is 1. The molecule has 0 aliphatic carbocycles. The Morgan fingerprint density at radius 2 is 2.30 bits per heavy atom. The molecule has 1 saturated heterocycles. The van der Waals surface area contributed by atoms with E-state index in [1.807, 2.05) is 24.9 Å². The van der Waals surface area contributed by atoms with Gasteiger partial charge >= 0.3 is 0 Å². The van der Waals surface area contributed by atoms with E-state index in [1.165, 1.54) is 0 Å². The highest BCUT2D eigenvalue weighted by Gasteiger charge is 2.31. The second-order valence-corrected chi connectivity index (χ2v) is 7.72. The lowest BCUT2D eigenvalue weighted by atomic mass is 10.2. The normalized spacial score (nSPS) is 21.1. The molecular weight excluding hydrogens is 298 g/mol. The number of hydrogen-bond donors (Lipinski definition) is 1. The number of hydrogen-bond acceptors (Lipinski definition) is 5. The van der Waals surface area contributed by atoms with Gasteiger partial charge in [0.05, 0.1) is 16.5 Å². The van der Waals surface area contributed by atoms with Crippen LogP contribution in [0.25, 0.3) is 0 Å². The SMILES string of the molecule is CCNCc1cc(N(C)C2CCS(=O)(=O)C2)ncc1Cl. The third-order valence-corrected chi connectivity index (χ3v) is 5.69. The smallest absolute Gasteiger partial charge is 0.152 e. The highest BCUT2D eigenvalue weighted by molar-refractivity contribution is 7.91. The maximum Gasteiger partial charge on any atom is 0.152 e. The summed E-state index contributed by atoms with van der Waals surface area (Å²) in [5.74, 6) is 1.24. The average molecular weight is 318 g/mol. The van der Waals surface area contributed by atoms with Crippen molar-refractivity contribution in [2.24, 2.45) is 0 Å². The minimum atomic E-state index is -2.89. The summed E-state index contributed by atoms with van der Waals surface area (Å²) in [6.07, 6.45) is 2.29. The topological polar surface area (TPSA) is 62.3 Å². The molecule has 1 N–H and O–H groups in total. The summed E-state index contributed by atoms with van der Waals surface area (Å²) in [7, 11) is -1.00. The highest BCUT2D eigenvalue weighted by Crippen LogP contribution is 2.24. The molecule has 0 radical (unpaired) electrons. The molecule has 1 fully saturated rings. The Kier molecular flexibility index (Phi) is 4.88. The molecular formula is C13H20ClN3O2S. The van der Waals surface area contributed by atoms with Crippen LogP contribution in [0.4, 0.5) is 5.82 Å². The highest BCUT2D eigenvalue weighted by atomic mass is 35.5. The molecule has 1 aliphatic rings. The third-order valence-electron chi connectivity index (χ3n) is 3.60. The molecule has 0 spiro atoms. The molecule has 20 heavy (non-hydrogen) atoms. The lowest BCUT2D eigenvalue weighted by Crippen LogP contribution is -2.33. The van der Waals surface area contributed by atoms with Gasteiger partial charge in [0.25, 0.3) is 0 Å². The number of anilines is 1. The molecule has 0 bridgehead atoms. The molecule has 0 aromatic carbocycles. The molecule has 7 heteroatoms. The van der Waals surface area contributed by atoms with Gasteiger partial charge < -0.3 is 10.2 Å². The number of aromatic nitrogens is 1. The Balaban J connectivity index is 2.16. The lowest BCUT2D eigenvalue weighted by Gasteiger charge is -2.25. The van der Waals surface area contributed by atoms with Gasteiger partial charge in [0.2, 0.25) is 0 Å². The molecule has 0 saturated carbocycles. The molecule has 2 rings (SSSR count). The van der Waals surface area contributed by atoms with Crippen molar-refractivity contribution in [1.82, 2.24) is 10.3 Å². The van der Waals surface area contributed by atoms with E-state index in [4.69, 9.17) is 11.6 Å². The molecule has 2 heterocycles. The Labute approximate surface area is 125 Å². The van der Waals surface area contributed by atoms with E-state index >= 15 is 0 Å². The van der Waals surface area contributed by atoms with Gasteiger partial charge in [-0.3, -0.25) is 0 Å². The van der Waals surface area contributed by atoms with E-state index in [0.717, 1.165) is 17.9 Å². The van der Waals surface area contributed by atoms with Gasteiger partial charge in [0, 0.05) is 25.8 Å². The molecule has 1 aliphatic heterocycles. The largest absolute Gasteiger partial charge is 0.356 e. The molecule has 1 atom stereocenters. The molecule has 0 amide bonds. The van der Waals surface area contributed by atoms with E-state index in [1.54, 1.807) is 6.20 Å². The molecule has 5 nitrogen and oxygen atoms in total. The fourth-order valence-corrected chi connectivity index (χ4v) is 4.27. The van der Waals surface area contributed by atoms with E-state index < -0.39 is 9.84 Å². The van der Waals surface area contributed by atoms with Crippen molar-refractivity contribution >= 4 is 27.3 Å². The van der Waals surface area contributed by atoms with Gasteiger partial charge in [-0.05, 0) is 24.6 Å². The molecule has 1 unspecified atom stereocenters. The Morgan fingerprint density at radius 1 is 1.55 bits per heavy atom. The minimum absolute atomic E-state index is 0.000611. The number of halogens is 1. The van der Waals surface area contributed by atoms with Gasteiger partial charge in [0.15, 0.2) is 9.84 Å². The third kappa shape index (κ3) is 3.62. The van der Waals surface area contributed by atoms with Crippen LogP contribution in [-0.2, 0) is 16.4 Å². The van der Waals surface area contributed by atoms with Gasteiger partial charge in [-0.2, -0.15) is 0 Å². The Morgan fingerprint density at radius 3 is 2.90 bits per heavy atom. The van der Waals surface area contributed by atoms with E-state index in [9.17, 15) is 8.42 Å². The van der Waals surface area contributed by atoms with E-state index in [0.29, 0.717) is 18.0 Å². The maximum absolute atomic E-state index is 11.6. The van der Waals surface area contributed by atoms with E-state index in [2.05, 4.69) is 10.3 Å². The summed E-state index contributed by atoms with van der Waals surface area (Å²) in [6, 6.07) is 1.93. The van der Waals surface area contributed by atoms with Crippen LogP contribution in [0.1, 0.15) is 18.9 Å². The van der Waals surface area contributed by atoms with Crippen molar-refractivity contribution in [3.63, 3.8) is 0 Å². The first-order valence-electron chi connectivity index (χ1n) is 6.71. The van der Waals surface area contributed by atoms with Crippen LogP contribution in [0.3, 0.4) is 0 Å². The van der Waals surface area contributed by atoms with Gasteiger partial charge in [0.1, 0.15) is 5.82 Å². The van der Waals surface area contributed by atoms with Crippen LogP contribution in [0.2, 0.25) is 5.02 Å². The van der Waals surface area contributed by atoms with Crippen LogP contribution >= 0.6 is 11.6 Å². The Bertz CT molecular complexity index is 577. The van der Waals surface area contributed by atoms with Crippen LogP contribution in [0.5, 0.6) is 0 Å². The van der Waals surface area contributed by atoms with Crippen molar-refractivity contribution < 1.29 is 8.42 Å². The van der Waals surface area contributed by atoms with Crippen molar-refractivity contribution in [3.05, 3.63) is 22.8 Å². The van der Waals surface area contributed by atoms with Crippen LogP contribution in [0.15, 0.2) is 12.3 Å². The molecule has 1 aromatic rings. The summed E-state index contributed by atoms with van der Waals surface area (Å²) in [6.45, 7) is 3.58. The first-order chi connectivity index (χ1) is 9.43. The standard InChI is InChI=1S/C13H20ClN3O2S/c1-3-15-7-10-6-13(16-8-12(10)14)17(2)11-4-5-20(18,19)9-11/h6,8,11,15H,3-5,7,9H2,1-2H3. The second kappa shape index (κ2) is 6.28. The summed E-state index contributed by atoms with van der Waals surface area (Å²) >= 11 is 6.12. The number of nitrogens with zero attached hydrogens (tertiary/aromatic N) is 2. The zero-order valence-electron chi connectivity index (χ0n) is 11.8. The Hall–Kier alpha value is -0.850. The lowest BCUT2D eigenvalue weighted by molar-refractivity contribution is 0.600. The van der Waals surface area contributed by atoms with Crippen molar-refractivity contribution in [1.29, 1.82) is 0 Å². The number of sulfone groups is 1. The average Bonchev–Trinajstić information content (AvgIpc) is 2.77. The quantitative estimate of drug-likeness (QED) is 0.891. The zero-order chi connectivity index (χ0) is 14.8. The summed E-state index contributed by atoms with van der Waals surface area (Å²) in [5.41, 5.74) is 0.978. The second-order valence-electron chi connectivity index (χ2n) is 5.08. The fraction of sp³-hybridized carbons (Fsp3) is 0.615. The first kappa shape index (κ1) is 15.5.